The monoisotopic (exact) mass is 396 g/mol. The standard InChI is InChI=1S/C23H28N2O4/c1-18-5-3-6-21(17-18)29-16-4-7-22(26)24-12-14-25(15-13-24)23(27)19-8-10-20(28-2)11-9-19/h3,5-6,8-11,17H,4,7,12-16H2,1-2H3. The van der Waals surface area contributed by atoms with E-state index >= 15 is 0 Å². The summed E-state index contributed by atoms with van der Waals surface area (Å²) in [5.41, 5.74) is 1.79. The van der Waals surface area contributed by atoms with Crippen LogP contribution in [0, 0.1) is 6.92 Å². The first-order valence-corrected chi connectivity index (χ1v) is 9.97. The Hall–Kier alpha value is -3.02. The van der Waals surface area contributed by atoms with Crippen molar-refractivity contribution >= 4 is 11.8 Å². The first kappa shape index (κ1) is 20.7. The summed E-state index contributed by atoms with van der Waals surface area (Å²) < 4.78 is 10.8. The zero-order chi connectivity index (χ0) is 20.6. The van der Waals surface area contributed by atoms with E-state index in [1.807, 2.05) is 36.1 Å². The maximum absolute atomic E-state index is 12.6. The van der Waals surface area contributed by atoms with Gasteiger partial charge in [0.05, 0.1) is 13.7 Å². The van der Waals surface area contributed by atoms with Gasteiger partial charge >= 0.3 is 0 Å². The van der Waals surface area contributed by atoms with Crippen LogP contribution >= 0.6 is 0 Å². The SMILES string of the molecule is COc1ccc(C(=O)N2CCN(C(=O)CCCOc3cccc(C)c3)CC2)cc1. The number of methoxy groups -OCH3 is 1. The number of carbonyl (C=O) groups is 2. The molecule has 6 heteroatoms. The molecular formula is C23H28N2O4. The fraction of sp³-hybridized carbons (Fsp3) is 0.391. The zero-order valence-electron chi connectivity index (χ0n) is 17.1. The number of carbonyl (C=O) groups excluding carboxylic acids is 2. The van der Waals surface area contributed by atoms with E-state index in [4.69, 9.17) is 9.47 Å². The second kappa shape index (κ2) is 9.96. The van der Waals surface area contributed by atoms with Crippen molar-refractivity contribution in [1.29, 1.82) is 0 Å². The summed E-state index contributed by atoms with van der Waals surface area (Å²) in [5, 5.41) is 0. The smallest absolute Gasteiger partial charge is 0.253 e. The van der Waals surface area contributed by atoms with Crippen molar-refractivity contribution in [3.8, 4) is 11.5 Å². The number of nitrogens with zero attached hydrogens (tertiary/aromatic N) is 2. The Bertz CT molecular complexity index is 827. The Morgan fingerprint density at radius 2 is 1.62 bits per heavy atom. The van der Waals surface area contributed by atoms with Gasteiger partial charge in [-0.3, -0.25) is 9.59 Å². The molecule has 154 valence electrons. The molecule has 2 amide bonds. The van der Waals surface area contributed by atoms with E-state index in [9.17, 15) is 9.59 Å². The zero-order valence-corrected chi connectivity index (χ0v) is 17.1. The summed E-state index contributed by atoms with van der Waals surface area (Å²) in [6.45, 7) is 4.78. The Balaban J connectivity index is 1.39. The molecule has 29 heavy (non-hydrogen) atoms. The van der Waals surface area contributed by atoms with E-state index in [2.05, 4.69) is 0 Å². The molecule has 1 saturated heterocycles. The molecule has 0 unspecified atom stereocenters. The van der Waals surface area contributed by atoms with Gasteiger partial charge in [0.25, 0.3) is 5.91 Å². The van der Waals surface area contributed by atoms with Gasteiger partial charge in [0.15, 0.2) is 0 Å². The molecule has 1 heterocycles. The molecular weight excluding hydrogens is 368 g/mol. The molecule has 6 nitrogen and oxygen atoms in total. The van der Waals surface area contributed by atoms with Crippen LogP contribution in [-0.2, 0) is 4.79 Å². The fourth-order valence-corrected chi connectivity index (χ4v) is 3.35. The second-order valence-corrected chi connectivity index (χ2v) is 7.17. The predicted octanol–water partition coefficient (Wildman–Crippen LogP) is 3.15. The average Bonchev–Trinajstić information content (AvgIpc) is 2.76. The number of hydrogen-bond acceptors (Lipinski definition) is 4. The Kier molecular flexibility index (Phi) is 7.11. The summed E-state index contributed by atoms with van der Waals surface area (Å²) in [6, 6.07) is 15.0. The molecule has 0 radical (unpaired) electrons. The fourth-order valence-electron chi connectivity index (χ4n) is 3.35. The maximum Gasteiger partial charge on any atom is 0.253 e. The highest BCUT2D eigenvalue weighted by Crippen LogP contribution is 2.15. The summed E-state index contributed by atoms with van der Waals surface area (Å²) in [7, 11) is 1.60. The van der Waals surface area contributed by atoms with E-state index in [1.54, 1.807) is 36.3 Å². The molecule has 0 bridgehead atoms. The number of benzene rings is 2. The van der Waals surface area contributed by atoms with Gasteiger partial charge < -0.3 is 19.3 Å². The number of hydrogen-bond donors (Lipinski definition) is 0. The summed E-state index contributed by atoms with van der Waals surface area (Å²) in [4.78, 5) is 28.7. The lowest BCUT2D eigenvalue weighted by Gasteiger charge is -2.35. The Labute approximate surface area is 172 Å². The van der Waals surface area contributed by atoms with Crippen LogP contribution in [0.3, 0.4) is 0 Å². The third kappa shape index (κ3) is 5.73. The van der Waals surface area contributed by atoms with Gasteiger partial charge in [-0.2, -0.15) is 0 Å². The largest absolute Gasteiger partial charge is 0.497 e. The molecule has 1 fully saturated rings. The quantitative estimate of drug-likeness (QED) is 0.675. The average molecular weight is 396 g/mol. The third-order valence-corrected chi connectivity index (χ3v) is 5.05. The van der Waals surface area contributed by atoms with Crippen LogP contribution in [0.1, 0.15) is 28.8 Å². The van der Waals surface area contributed by atoms with Gasteiger partial charge in [-0.1, -0.05) is 12.1 Å². The molecule has 2 aromatic rings. The van der Waals surface area contributed by atoms with Crippen molar-refractivity contribution in [3.63, 3.8) is 0 Å². The van der Waals surface area contributed by atoms with Crippen LogP contribution in [0.15, 0.2) is 48.5 Å². The minimum Gasteiger partial charge on any atom is -0.497 e. The van der Waals surface area contributed by atoms with Gasteiger partial charge in [-0.15, -0.1) is 0 Å². The number of ether oxygens (including phenoxy) is 2. The summed E-state index contributed by atoms with van der Waals surface area (Å²) in [6.07, 6.45) is 1.13. The van der Waals surface area contributed by atoms with Crippen LogP contribution in [0.2, 0.25) is 0 Å². The Morgan fingerprint density at radius 3 is 2.28 bits per heavy atom. The van der Waals surface area contributed by atoms with Crippen molar-refractivity contribution in [1.82, 2.24) is 9.80 Å². The molecule has 3 rings (SSSR count). The predicted molar refractivity (Wildman–Crippen MR) is 111 cm³/mol. The van der Waals surface area contributed by atoms with Crippen LogP contribution in [0.25, 0.3) is 0 Å². The van der Waals surface area contributed by atoms with E-state index in [-0.39, 0.29) is 11.8 Å². The van der Waals surface area contributed by atoms with Crippen LogP contribution in [-0.4, -0.2) is 61.5 Å². The summed E-state index contributed by atoms with van der Waals surface area (Å²) >= 11 is 0. The van der Waals surface area contributed by atoms with E-state index in [1.165, 1.54) is 0 Å². The molecule has 0 aromatic heterocycles. The van der Waals surface area contributed by atoms with Crippen molar-refractivity contribution < 1.29 is 19.1 Å². The highest BCUT2D eigenvalue weighted by molar-refractivity contribution is 5.94. The molecule has 0 aliphatic carbocycles. The minimum absolute atomic E-state index is 0.00805. The molecule has 0 spiro atoms. The minimum atomic E-state index is -0.00805. The molecule has 0 saturated carbocycles. The van der Waals surface area contributed by atoms with Crippen LogP contribution < -0.4 is 9.47 Å². The first-order valence-electron chi connectivity index (χ1n) is 9.97. The van der Waals surface area contributed by atoms with Crippen molar-refractivity contribution in [2.75, 3.05) is 39.9 Å². The van der Waals surface area contributed by atoms with E-state index in [0.717, 1.165) is 17.1 Å². The van der Waals surface area contributed by atoms with Gasteiger partial charge in [0.2, 0.25) is 5.91 Å². The van der Waals surface area contributed by atoms with Crippen molar-refractivity contribution in [2.24, 2.45) is 0 Å². The second-order valence-electron chi connectivity index (χ2n) is 7.17. The van der Waals surface area contributed by atoms with Gasteiger partial charge in [0.1, 0.15) is 11.5 Å². The Morgan fingerprint density at radius 1 is 0.931 bits per heavy atom. The van der Waals surface area contributed by atoms with Crippen molar-refractivity contribution in [2.45, 2.75) is 19.8 Å². The van der Waals surface area contributed by atoms with Crippen LogP contribution in [0.4, 0.5) is 0 Å². The van der Waals surface area contributed by atoms with Gasteiger partial charge in [-0.05, 0) is 55.3 Å². The molecule has 0 N–H and O–H groups in total. The lowest BCUT2D eigenvalue weighted by molar-refractivity contribution is -0.132. The number of piperazine rings is 1. The van der Waals surface area contributed by atoms with Crippen LogP contribution in [0.5, 0.6) is 11.5 Å². The lowest BCUT2D eigenvalue weighted by atomic mass is 10.1. The van der Waals surface area contributed by atoms with E-state index in [0.29, 0.717) is 51.2 Å². The summed E-state index contributed by atoms with van der Waals surface area (Å²) in [5.74, 6) is 1.67. The number of aryl methyl sites for hydroxylation is 1. The van der Waals surface area contributed by atoms with Gasteiger partial charge in [0, 0.05) is 38.2 Å². The van der Waals surface area contributed by atoms with Crippen molar-refractivity contribution in [3.05, 3.63) is 59.7 Å². The lowest BCUT2D eigenvalue weighted by Crippen LogP contribution is -2.50. The molecule has 0 atom stereocenters. The number of amides is 2. The topological polar surface area (TPSA) is 59.1 Å². The molecule has 2 aromatic carbocycles. The highest BCUT2D eigenvalue weighted by Gasteiger charge is 2.24. The maximum atomic E-state index is 12.6. The molecule has 1 aliphatic rings. The normalized spacial score (nSPS) is 13.9. The highest BCUT2D eigenvalue weighted by atomic mass is 16.5. The first-order chi connectivity index (χ1) is 14.1. The third-order valence-electron chi connectivity index (χ3n) is 5.05. The molecule has 1 aliphatic heterocycles. The van der Waals surface area contributed by atoms with E-state index < -0.39 is 0 Å². The number of rotatable bonds is 7. The van der Waals surface area contributed by atoms with Gasteiger partial charge in [-0.25, -0.2) is 0 Å².